The molecule has 0 aromatic rings. The van der Waals surface area contributed by atoms with E-state index < -0.39 is 5.97 Å². The van der Waals surface area contributed by atoms with Gasteiger partial charge in [0, 0.05) is 26.6 Å². The molecule has 0 heterocycles. The molecule has 1 unspecified atom stereocenters. The third-order valence-electron chi connectivity index (χ3n) is 2.46. The number of urea groups is 1. The van der Waals surface area contributed by atoms with Crippen molar-refractivity contribution in [2.75, 3.05) is 20.1 Å². The summed E-state index contributed by atoms with van der Waals surface area (Å²) in [5.74, 6) is -0.972. The number of amides is 2. The van der Waals surface area contributed by atoms with Crippen molar-refractivity contribution in [3.63, 3.8) is 0 Å². The highest BCUT2D eigenvalue weighted by Gasteiger charge is 2.10. The molecule has 0 spiro atoms. The average Bonchev–Trinajstić information content (AvgIpc) is 2.32. The molecule has 102 valence electrons. The van der Waals surface area contributed by atoms with E-state index in [1.807, 2.05) is 0 Å². The van der Waals surface area contributed by atoms with Gasteiger partial charge in [-0.15, -0.1) is 0 Å². The van der Waals surface area contributed by atoms with E-state index >= 15 is 0 Å². The molecular formula is C12H21N3O3. The molecule has 0 rings (SSSR count). The standard InChI is InChI=1S/C12H21N3O3/c1-10(8-13)9-15(2)12(18)14-7-5-3-4-6-11(16)17/h10H,3-7,9H2,1-2H3,(H,14,18)(H,16,17). The van der Waals surface area contributed by atoms with Crippen LogP contribution in [-0.4, -0.2) is 42.1 Å². The van der Waals surface area contributed by atoms with Crippen LogP contribution in [0, 0.1) is 17.2 Å². The van der Waals surface area contributed by atoms with Crippen molar-refractivity contribution in [1.82, 2.24) is 10.2 Å². The van der Waals surface area contributed by atoms with Crippen LogP contribution >= 0.6 is 0 Å². The quantitative estimate of drug-likeness (QED) is 0.642. The second-order valence-corrected chi connectivity index (χ2v) is 4.35. The third-order valence-corrected chi connectivity index (χ3v) is 2.46. The van der Waals surface area contributed by atoms with E-state index in [-0.39, 0.29) is 18.4 Å². The number of rotatable bonds is 8. The summed E-state index contributed by atoms with van der Waals surface area (Å²) in [5.41, 5.74) is 0. The van der Waals surface area contributed by atoms with Crippen LogP contribution in [0.25, 0.3) is 0 Å². The summed E-state index contributed by atoms with van der Waals surface area (Å²) in [6.07, 6.45) is 2.35. The van der Waals surface area contributed by atoms with E-state index in [1.54, 1.807) is 14.0 Å². The smallest absolute Gasteiger partial charge is 0.317 e. The van der Waals surface area contributed by atoms with E-state index in [9.17, 15) is 9.59 Å². The number of nitriles is 1. The van der Waals surface area contributed by atoms with Gasteiger partial charge in [0.15, 0.2) is 0 Å². The SMILES string of the molecule is CC(C#N)CN(C)C(=O)NCCCCCC(=O)O. The van der Waals surface area contributed by atoms with Crippen LogP contribution in [0.4, 0.5) is 4.79 Å². The highest BCUT2D eigenvalue weighted by Crippen LogP contribution is 1.99. The number of carboxylic acid groups (broad SMARTS) is 1. The number of unbranched alkanes of at least 4 members (excludes halogenated alkanes) is 2. The van der Waals surface area contributed by atoms with Gasteiger partial charge in [-0.1, -0.05) is 6.42 Å². The second kappa shape index (κ2) is 9.28. The summed E-state index contributed by atoms with van der Waals surface area (Å²) in [6.45, 7) is 2.70. The van der Waals surface area contributed by atoms with Crippen LogP contribution in [-0.2, 0) is 4.79 Å². The van der Waals surface area contributed by atoms with Crippen molar-refractivity contribution in [3.05, 3.63) is 0 Å². The molecule has 0 radical (unpaired) electrons. The molecule has 1 atom stereocenters. The second-order valence-electron chi connectivity index (χ2n) is 4.35. The Labute approximate surface area is 108 Å². The van der Waals surface area contributed by atoms with Gasteiger partial charge < -0.3 is 15.3 Å². The number of carbonyl (C=O) groups excluding carboxylic acids is 1. The van der Waals surface area contributed by atoms with E-state index in [0.717, 1.165) is 12.8 Å². The predicted molar refractivity (Wildman–Crippen MR) is 66.9 cm³/mol. The van der Waals surface area contributed by atoms with Crippen LogP contribution in [0.3, 0.4) is 0 Å². The molecule has 0 saturated carbocycles. The zero-order chi connectivity index (χ0) is 14.0. The van der Waals surface area contributed by atoms with Gasteiger partial charge in [0.1, 0.15) is 0 Å². The van der Waals surface area contributed by atoms with Gasteiger partial charge in [-0.2, -0.15) is 5.26 Å². The van der Waals surface area contributed by atoms with Gasteiger partial charge in [-0.3, -0.25) is 4.79 Å². The van der Waals surface area contributed by atoms with Crippen LogP contribution in [0.2, 0.25) is 0 Å². The van der Waals surface area contributed by atoms with Gasteiger partial charge in [-0.05, 0) is 19.8 Å². The molecular weight excluding hydrogens is 234 g/mol. The number of nitrogens with zero attached hydrogens (tertiary/aromatic N) is 2. The summed E-state index contributed by atoms with van der Waals surface area (Å²) in [7, 11) is 1.65. The van der Waals surface area contributed by atoms with Crippen LogP contribution < -0.4 is 5.32 Å². The van der Waals surface area contributed by atoms with E-state index in [4.69, 9.17) is 10.4 Å². The monoisotopic (exact) mass is 255 g/mol. The number of hydrogen-bond acceptors (Lipinski definition) is 3. The molecule has 6 nitrogen and oxygen atoms in total. The Morgan fingerprint density at radius 3 is 2.61 bits per heavy atom. The lowest BCUT2D eigenvalue weighted by atomic mass is 10.2. The highest BCUT2D eigenvalue weighted by atomic mass is 16.4. The van der Waals surface area contributed by atoms with Gasteiger partial charge in [0.25, 0.3) is 0 Å². The Morgan fingerprint density at radius 2 is 2.06 bits per heavy atom. The molecule has 0 bridgehead atoms. The fourth-order valence-corrected chi connectivity index (χ4v) is 1.44. The minimum absolute atomic E-state index is 0.174. The molecule has 0 aromatic heterocycles. The first-order valence-corrected chi connectivity index (χ1v) is 6.07. The lowest BCUT2D eigenvalue weighted by Gasteiger charge is -2.18. The van der Waals surface area contributed by atoms with Crippen molar-refractivity contribution in [3.8, 4) is 6.07 Å². The Morgan fingerprint density at radius 1 is 1.39 bits per heavy atom. The Balaban J connectivity index is 3.58. The molecule has 0 aliphatic heterocycles. The minimum Gasteiger partial charge on any atom is -0.481 e. The van der Waals surface area contributed by atoms with E-state index in [0.29, 0.717) is 19.5 Å². The zero-order valence-electron chi connectivity index (χ0n) is 11.0. The van der Waals surface area contributed by atoms with Crippen molar-refractivity contribution in [2.24, 2.45) is 5.92 Å². The summed E-state index contributed by atoms with van der Waals surface area (Å²) >= 11 is 0. The fraction of sp³-hybridized carbons (Fsp3) is 0.750. The Hall–Kier alpha value is -1.77. The summed E-state index contributed by atoms with van der Waals surface area (Å²) in [4.78, 5) is 23.3. The number of carboxylic acids is 1. The van der Waals surface area contributed by atoms with Gasteiger partial charge >= 0.3 is 12.0 Å². The topological polar surface area (TPSA) is 93.4 Å². The number of aliphatic carboxylic acids is 1. The Bertz CT molecular complexity index is 312. The largest absolute Gasteiger partial charge is 0.481 e. The average molecular weight is 255 g/mol. The van der Waals surface area contributed by atoms with Gasteiger partial charge in [-0.25, -0.2) is 4.79 Å². The maximum absolute atomic E-state index is 11.5. The first kappa shape index (κ1) is 16.2. The van der Waals surface area contributed by atoms with Crippen LogP contribution in [0.1, 0.15) is 32.6 Å². The maximum Gasteiger partial charge on any atom is 0.317 e. The highest BCUT2D eigenvalue weighted by molar-refractivity contribution is 5.73. The molecule has 2 N–H and O–H groups in total. The third kappa shape index (κ3) is 8.39. The molecule has 0 saturated heterocycles. The van der Waals surface area contributed by atoms with Crippen LogP contribution in [0.5, 0.6) is 0 Å². The van der Waals surface area contributed by atoms with Gasteiger partial charge in [0.2, 0.25) is 0 Å². The number of nitrogens with one attached hydrogen (secondary N) is 1. The van der Waals surface area contributed by atoms with Crippen LogP contribution in [0.15, 0.2) is 0 Å². The van der Waals surface area contributed by atoms with E-state index in [1.165, 1.54) is 4.90 Å². The Kier molecular flexibility index (Phi) is 8.37. The minimum atomic E-state index is -0.788. The summed E-state index contributed by atoms with van der Waals surface area (Å²) in [5, 5.41) is 19.8. The first-order valence-electron chi connectivity index (χ1n) is 6.07. The summed E-state index contributed by atoms with van der Waals surface area (Å²) in [6, 6.07) is 1.87. The van der Waals surface area contributed by atoms with Gasteiger partial charge in [0.05, 0.1) is 12.0 Å². The molecule has 0 aliphatic carbocycles. The molecule has 0 aromatic carbocycles. The zero-order valence-corrected chi connectivity index (χ0v) is 11.0. The first-order chi connectivity index (χ1) is 8.47. The summed E-state index contributed by atoms with van der Waals surface area (Å²) < 4.78 is 0. The predicted octanol–water partition coefficient (Wildman–Crippen LogP) is 1.43. The molecule has 2 amide bonds. The molecule has 18 heavy (non-hydrogen) atoms. The van der Waals surface area contributed by atoms with Crippen molar-refractivity contribution < 1.29 is 14.7 Å². The number of hydrogen-bond donors (Lipinski definition) is 2. The van der Waals surface area contributed by atoms with Crippen molar-refractivity contribution >= 4 is 12.0 Å². The van der Waals surface area contributed by atoms with Crippen molar-refractivity contribution in [2.45, 2.75) is 32.6 Å². The molecule has 6 heteroatoms. The molecule has 0 fully saturated rings. The lowest BCUT2D eigenvalue weighted by molar-refractivity contribution is -0.137. The lowest BCUT2D eigenvalue weighted by Crippen LogP contribution is -2.39. The van der Waals surface area contributed by atoms with E-state index in [2.05, 4.69) is 11.4 Å². The maximum atomic E-state index is 11.5. The fourth-order valence-electron chi connectivity index (χ4n) is 1.44. The normalized spacial score (nSPS) is 11.4. The molecule has 0 aliphatic rings. The number of carbonyl (C=O) groups is 2. The van der Waals surface area contributed by atoms with Crippen molar-refractivity contribution in [1.29, 1.82) is 5.26 Å².